The summed E-state index contributed by atoms with van der Waals surface area (Å²) in [5.41, 5.74) is 0.174. The first kappa shape index (κ1) is 26.2. The number of rotatable bonds is 13. The Bertz CT molecular complexity index is 544. The molecule has 0 aliphatic rings. The van der Waals surface area contributed by atoms with Crippen molar-refractivity contribution in [2.75, 3.05) is 13.2 Å². The molecule has 162 valence electrons. The lowest BCUT2D eigenvalue weighted by atomic mass is 9.98. The minimum Gasteiger partial charge on any atom is -0.481 e. The van der Waals surface area contributed by atoms with Crippen molar-refractivity contribution in [2.45, 2.75) is 57.2 Å². The van der Waals surface area contributed by atoms with Crippen LogP contribution >= 0.6 is 0 Å². The van der Waals surface area contributed by atoms with Gasteiger partial charge in [0.05, 0.1) is 19.1 Å². The topological polar surface area (TPSA) is 185 Å². The lowest BCUT2D eigenvalue weighted by Crippen LogP contribution is -2.47. The molecule has 6 atom stereocenters. The molecule has 0 rings (SSSR count). The van der Waals surface area contributed by atoms with Crippen LogP contribution in [0.5, 0.6) is 0 Å². The Labute approximate surface area is 163 Å². The van der Waals surface area contributed by atoms with Gasteiger partial charge >= 0.3 is 11.9 Å². The molecule has 0 radical (unpaired) electrons. The van der Waals surface area contributed by atoms with Gasteiger partial charge in [0.15, 0.2) is 0 Å². The molecule has 0 saturated carbocycles. The van der Waals surface area contributed by atoms with Gasteiger partial charge in [-0.15, -0.1) is 0 Å². The van der Waals surface area contributed by atoms with Gasteiger partial charge in [0.1, 0.15) is 31.0 Å². The fourth-order valence-corrected chi connectivity index (χ4v) is 2.05. The summed E-state index contributed by atoms with van der Waals surface area (Å²) in [5.74, 6) is -2.16. The predicted molar refractivity (Wildman–Crippen MR) is 97.0 cm³/mol. The van der Waals surface area contributed by atoms with E-state index in [4.69, 9.17) is 14.9 Å². The number of esters is 1. The molecule has 0 bridgehead atoms. The number of ether oxygens (including phenoxy) is 1. The number of aliphatic hydroxyl groups excluding tert-OH is 6. The van der Waals surface area contributed by atoms with Gasteiger partial charge in [-0.25, -0.2) is 4.79 Å². The van der Waals surface area contributed by atoms with Crippen LogP contribution in [0.3, 0.4) is 0 Å². The van der Waals surface area contributed by atoms with E-state index in [1.807, 2.05) is 0 Å². The van der Waals surface area contributed by atoms with Crippen molar-refractivity contribution < 1.29 is 50.1 Å². The first-order valence-electron chi connectivity index (χ1n) is 8.74. The first-order valence-corrected chi connectivity index (χ1v) is 8.74. The second kappa shape index (κ2) is 13.4. The van der Waals surface area contributed by atoms with E-state index in [0.29, 0.717) is 6.42 Å². The van der Waals surface area contributed by atoms with E-state index in [-0.39, 0.29) is 17.9 Å². The van der Waals surface area contributed by atoms with E-state index in [1.165, 1.54) is 19.1 Å². The van der Waals surface area contributed by atoms with E-state index in [9.17, 15) is 35.1 Å². The van der Waals surface area contributed by atoms with Gasteiger partial charge in [0.2, 0.25) is 0 Å². The summed E-state index contributed by atoms with van der Waals surface area (Å²) in [6, 6.07) is 0. The summed E-state index contributed by atoms with van der Waals surface area (Å²) in [6.45, 7) is 1.69. The monoisotopic (exact) mass is 406 g/mol. The highest BCUT2D eigenvalue weighted by atomic mass is 16.5. The fourth-order valence-electron chi connectivity index (χ4n) is 2.05. The third kappa shape index (κ3) is 9.93. The Hall–Kier alpha value is -1.82. The molecule has 0 aliphatic heterocycles. The highest BCUT2D eigenvalue weighted by Crippen LogP contribution is 2.12. The maximum Gasteiger partial charge on any atom is 0.333 e. The lowest BCUT2D eigenvalue weighted by Gasteiger charge is -2.25. The van der Waals surface area contributed by atoms with Gasteiger partial charge in [0, 0.05) is 5.57 Å². The van der Waals surface area contributed by atoms with Crippen LogP contribution in [0.25, 0.3) is 0 Å². The zero-order valence-corrected chi connectivity index (χ0v) is 15.9. The second-order valence-electron chi connectivity index (χ2n) is 6.55. The minimum atomic E-state index is -1.82. The van der Waals surface area contributed by atoms with Crippen LogP contribution in [0.15, 0.2) is 23.8 Å². The van der Waals surface area contributed by atoms with Crippen LogP contribution in [0.4, 0.5) is 0 Å². The largest absolute Gasteiger partial charge is 0.481 e. The van der Waals surface area contributed by atoms with E-state index in [1.54, 1.807) is 13.0 Å². The standard InChI is InChI=1S/C18H30O10/c1-10(12(20)7-15(23)24)5-3-4-6-11(2)18(27)28-9-14(22)17(26)16(25)13(21)8-19/h3-4,6,10,12-14,16-17,19-22,25-26H,5,7-9H2,1-2H3,(H,23,24)/b4-3+,11-6+/t10-,12+,13+,14-,16-,17-/m0/s1. The van der Waals surface area contributed by atoms with Crippen LogP contribution in [0, 0.1) is 5.92 Å². The summed E-state index contributed by atoms with van der Waals surface area (Å²) in [6.07, 6.45) is -3.28. The van der Waals surface area contributed by atoms with Crippen molar-refractivity contribution in [3.63, 3.8) is 0 Å². The molecular formula is C18H30O10. The van der Waals surface area contributed by atoms with Gasteiger partial charge in [-0.1, -0.05) is 25.2 Å². The van der Waals surface area contributed by atoms with Crippen LogP contribution in [0.1, 0.15) is 26.7 Å². The summed E-state index contributed by atoms with van der Waals surface area (Å²) in [7, 11) is 0. The number of aliphatic hydroxyl groups is 6. The van der Waals surface area contributed by atoms with Crippen molar-refractivity contribution in [1.29, 1.82) is 0 Å². The molecule has 7 N–H and O–H groups in total. The van der Waals surface area contributed by atoms with Crippen molar-refractivity contribution in [3.05, 3.63) is 23.8 Å². The molecule has 0 heterocycles. The summed E-state index contributed by atoms with van der Waals surface area (Å²) in [4.78, 5) is 22.3. The molecule has 0 aromatic heterocycles. The van der Waals surface area contributed by atoms with E-state index < -0.39 is 55.7 Å². The van der Waals surface area contributed by atoms with Crippen molar-refractivity contribution in [3.8, 4) is 0 Å². The van der Waals surface area contributed by atoms with Gasteiger partial charge in [-0.3, -0.25) is 4.79 Å². The molecule has 0 unspecified atom stereocenters. The van der Waals surface area contributed by atoms with Crippen LogP contribution in [-0.4, -0.2) is 91.4 Å². The normalized spacial score (nSPS) is 18.9. The zero-order chi connectivity index (χ0) is 21.9. The molecule has 10 heteroatoms. The average molecular weight is 406 g/mol. The number of carboxylic acids is 1. The molecular weight excluding hydrogens is 376 g/mol. The van der Waals surface area contributed by atoms with Crippen LogP contribution in [0.2, 0.25) is 0 Å². The maximum atomic E-state index is 11.8. The van der Waals surface area contributed by atoms with Gasteiger partial charge < -0.3 is 40.5 Å². The number of carbonyl (C=O) groups is 2. The Balaban J connectivity index is 4.45. The molecule has 0 spiro atoms. The van der Waals surface area contributed by atoms with Gasteiger partial charge in [0.25, 0.3) is 0 Å². The molecule has 0 fully saturated rings. The summed E-state index contributed by atoms with van der Waals surface area (Å²) < 4.78 is 4.80. The Morgan fingerprint density at radius 2 is 1.57 bits per heavy atom. The smallest absolute Gasteiger partial charge is 0.333 e. The van der Waals surface area contributed by atoms with E-state index >= 15 is 0 Å². The third-order valence-corrected chi connectivity index (χ3v) is 4.06. The molecule has 0 aliphatic carbocycles. The third-order valence-electron chi connectivity index (χ3n) is 4.06. The molecule has 10 nitrogen and oxygen atoms in total. The molecule has 28 heavy (non-hydrogen) atoms. The Morgan fingerprint density at radius 3 is 2.11 bits per heavy atom. The minimum absolute atomic E-state index is 0.174. The van der Waals surface area contributed by atoms with Crippen molar-refractivity contribution >= 4 is 11.9 Å². The highest BCUT2D eigenvalue weighted by Gasteiger charge is 2.30. The quantitative estimate of drug-likeness (QED) is 0.106. The van der Waals surface area contributed by atoms with Gasteiger partial charge in [-0.05, 0) is 19.3 Å². The Kier molecular flexibility index (Phi) is 12.5. The van der Waals surface area contributed by atoms with Crippen molar-refractivity contribution in [2.24, 2.45) is 5.92 Å². The molecule has 0 saturated heterocycles. The number of carboxylic acid groups (broad SMARTS) is 1. The summed E-state index contributed by atoms with van der Waals surface area (Å²) in [5, 5.41) is 64.9. The lowest BCUT2D eigenvalue weighted by molar-refractivity contribution is -0.152. The Morgan fingerprint density at radius 1 is 1.00 bits per heavy atom. The highest BCUT2D eigenvalue weighted by molar-refractivity contribution is 5.88. The predicted octanol–water partition coefficient (Wildman–Crippen LogP) is -1.67. The van der Waals surface area contributed by atoms with Crippen LogP contribution in [-0.2, 0) is 14.3 Å². The first-order chi connectivity index (χ1) is 13.0. The SMILES string of the molecule is C/C(=C\C=C\C[C@H](C)[C@H](O)CC(=O)O)C(=O)OC[C@H](O)[C@H](O)[C@@H](O)[C@H](O)CO. The number of hydrogen-bond acceptors (Lipinski definition) is 9. The maximum absolute atomic E-state index is 11.8. The average Bonchev–Trinajstić information content (AvgIpc) is 2.65. The molecule has 0 aromatic carbocycles. The van der Waals surface area contributed by atoms with Crippen LogP contribution < -0.4 is 0 Å². The molecule has 0 amide bonds. The zero-order valence-electron chi connectivity index (χ0n) is 15.9. The molecule has 0 aromatic rings. The summed E-state index contributed by atoms with van der Waals surface area (Å²) >= 11 is 0. The number of carbonyl (C=O) groups excluding carboxylic acids is 1. The fraction of sp³-hybridized carbons (Fsp3) is 0.667. The van der Waals surface area contributed by atoms with Gasteiger partial charge in [-0.2, -0.15) is 0 Å². The second-order valence-corrected chi connectivity index (χ2v) is 6.55. The van der Waals surface area contributed by atoms with E-state index in [2.05, 4.69) is 0 Å². The number of allylic oxidation sites excluding steroid dienone is 3. The van der Waals surface area contributed by atoms with E-state index in [0.717, 1.165) is 0 Å². The number of hydrogen-bond donors (Lipinski definition) is 7. The van der Waals surface area contributed by atoms with Crippen molar-refractivity contribution in [1.82, 2.24) is 0 Å². The number of aliphatic carboxylic acids is 1.